The normalized spacial score (nSPS) is 10.9. The Labute approximate surface area is 190 Å². The maximum Gasteiger partial charge on any atom is 0.344 e. The van der Waals surface area contributed by atoms with E-state index in [1.54, 1.807) is 53.9 Å². The molecule has 1 amide bonds. The van der Waals surface area contributed by atoms with Crippen LogP contribution in [0.15, 0.2) is 70.3 Å². The molecule has 8 nitrogen and oxygen atoms in total. The zero-order valence-corrected chi connectivity index (χ0v) is 19.1. The Morgan fingerprint density at radius 1 is 1.00 bits per heavy atom. The molecule has 32 heavy (non-hydrogen) atoms. The Morgan fingerprint density at radius 3 is 2.38 bits per heavy atom. The number of sulfonamides is 1. The molecule has 1 heterocycles. The van der Waals surface area contributed by atoms with Gasteiger partial charge in [0, 0.05) is 12.7 Å². The van der Waals surface area contributed by atoms with E-state index >= 15 is 0 Å². The van der Waals surface area contributed by atoms with E-state index < -0.39 is 28.5 Å². The quantitative estimate of drug-likeness (QED) is 0.477. The van der Waals surface area contributed by atoms with Gasteiger partial charge in [-0.05, 0) is 54.3 Å². The second-order valence-corrected chi connectivity index (χ2v) is 9.85. The van der Waals surface area contributed by atoms with Gasteiger partial charge in [0.15, 0.2) is 13.2 Å². The van der Waals surface area contributed by atoms with Gasteiger partial charge in [-0.3, -0.25) is 9.10 Å². The Kier molecular flexibility index (Phi) is 7.49. The lowest BCUT2D eigenvalue weighted by Crippen LogP contribution is -2.25. The van der Waals surface area contributed by atoms with E-state index in [1.807, 2.05) is 19.1 Å². The minimum Gasteiger partial charge on any atom is -0.482 e. The minimum absolute atomic E-state index is 0.245. The molecule has 3 aromatic rings. The summed E-state index contributed by atoms with van der Waals surface area (Å²) in [6.45, 7) is 1.04. The monoisotopic (exact) mass is 474 g/mol. The molecule has 0 fully saturated rings. The minimum atomic E-state index is -3.63. The van der Waals surface area contributed by atoms with Crippen LogP contribution < -0.4 is 14.4 Å². The molecule has 0 aliphatic rings. The number of hydrogen-bond acceptors (Lipinski definition) is 7. The van der Waals surface area contributed by atoms with Crippen LogP contribution in [0.1, 0.15) is 5.56 Å². The number of thiophene rings is 1. The van der Waals surface area contributed by atoms with Crippen LogP contribution in [0.2, 0.25) is 0 Å². The molecular weight excluding hydrogens is 452 g/mol. The Hall–Kier alpha value is -3.37. The van der Waals surface area contributed by atoms with Crippen LogP contribution >= 0.6 is 11.3 Å². The molecule has 0 aliphatic heterocycles. The van der Waals surface area contributed by atoms with Gasteiger partial charge in [0.2, 0.25) is 0 Å². The maximum atomic E-state index is 12.6. The Balaban J connectivity index is 1.47. The fourth-order valence-electron chi connectivity index (χ4n) is 2.67. The number of benzene rings is 2. The summed E-state index contributed by atoms with van der Waals surface area (Å²) < 4.78 is 36.8. The van der Waals surface area contributed by atoms with Crippen molar-refractivity contribution in [3.8, 4) is 5.75 Å². The molecule has 0 radical (unpaired) electrons. The van der Waals surface area contributed by atoms with Crippen molar-refractivity contribution in [2.45, 2.75) is 11.1 Å². The van der Waals surface area contributed by atoms with Crippen molar-refractivity contribution in [1.82, 2.24) is 0 Å². The van der Waals surface area contributed by atoms with E-state index in [9.17, 15) is 18.0 Å². The molecule has 1 aromatic heterocycles. The van der Waals surface area contributed by atoms with Gasteiger partial charge in [0.05, 0.1) is 5.69 Å². The van der Waals surface area contributed by atoms with Crippen LogP contribution in [-0.2, 0) is 24.3 Å². The zero-order chi connectivity index (χ0) is 23.1. The molecular formula is C22H22N2O6S2. The third-order valence-corrected chi connectivity index (χ3v) is 7.61. The Morgan fingerprint density at radius 2 is 1.72 bits per heavy atom. The highest BCUT2D eigenvalue weighted by Crippen LogP contribution is 2.26. The van der Waals surface area contributed by atoms with Gasteiger partial charge in [0.1, 0.15) is 9.96 Å². The van der Waals surface area contributed by atoms with E-state index in [0.717, 1.165) is 16.9 Å². The smallest absolute Gasteiger partial charge is 0.344 e. The van der Waals surface area contributed by atoms with Gasteiger partial charge in [-0.15, -0.1) is 11.3 Å². The SMILES string of the molecule is Cc1ccccc1NC(=O)COC(=O)COc1ccc(N(C)S(=O)(=O)c2cccs2)cc1. The Bertz CT molecular complexity index is 1180. The lowest BCUT2D eigenvalue weighted by molar-refractivity contribution is -0.149. The van der Waals surface area contributed by atoms with Crippen LogP contribution in [0.3, 0.4) is 0 Å². The van der Waals surface area contributed by atoms with Gasteiger partial charge < -0.3 is 14.8 Å². The molecule has 10 heteroatoms. The predicted molar refractivity (Wildman–Crippen MR) is 123 cm³/mol. The highest BCUT2D eigenvalue weighted by molar-refractivity contribution is 7.94. The third-order valence-electron chi connectivity index (χ3n) is 4.45. The molecule has 168 valence electrons. The third kappa shape index (κ3) is 5.86. The number of ether oxygens (including phenoxy) is 2. The first kappa shape index (κ1) is 23.3. The fourth-order valence-corrected chi connectivity index (χ4v) is 5.02. The van der Waals surface area contributed by atoms with Crippen molar-refractivity contribution < 1.29 is 27.5 Å². The molecule has 0 atom stereocenters. The van der Waals surface area contributed by atoms with E-state index in [4.69, 9.17) is 9.47 Å². The van der Waals surface area contributed by atoms with Crippen LogP contribution in [0.25, 0.3) is 0 Å². The first-order valence-electron chi connectivity index (χ1n) is 9.54. The van der Waals surface area contributed by atoms with E-state index in [0.29, 0.717) is 17.1 Å². The lowest BCUT2D eigenvalue weighted by atomic mass is 10.2. The van der Waals surface area contributed by atoms with Crippen LogP contribution in [0.5, 0.6) is 5.75 Å². The van der Waals surface area contributed by atoms with E-state index in [2.05, 4.69) is 5.32 Å². The molecule has 1 N–H and O–H groups in total. The molecule has 3 rings (SSSR count). The van der Waals surface area contributed by atoms with Crippen LogP contribution in [-0.4, -0.2) is 40.6 Å². The molecule has 0 spiro atoms. The van der Waals surface area contributed by atoms with E-state index in [-0.39, 0.29) is 10.8 Å². The topological polar surface area (TPSA) is 102 Å². The molecule has 0 bridgehead atoms. The van der Waals surface area contributed by atoms with Gasteiger partial charge in [-0.1, -0.05) is 24.3 Å². The number of carbonyl (C=O) groups excluding carboxylic acids is 2. The fraction of sp³-hybridized carbons (Fsp3) is 0.182. The second-order valence-electron chi connectivity index (χ2n) is 6.71. The summed E-state index contributed by atoms with van der Waals surface area (Å²) in [5.41, 5.74) is 1.99. The summed E-state index contributed by atoms with van der Waals surface area (Å²) >= 11 is 1.14. The van der Waals surface area contributed by atoms with Gasteiger partial charge in [-0.2, -0.15) is 0 Å². The summed E-state index contributed by atoms with van der Waals surface area (Å²) in [5, 5.41) is 4.37. The summed E-state index contributed by atoms with van der Waals surface area (Å²) in [4.78, 5) is 23.8. The number of amides is 1. The molecule has 0 saturated heterocycles. The first-order valence-corrected chi connectivity index (χ1v) is 11.9. The average molecular weight is 475 g/mol. The maximum absolute atomic E-state index is 12.6. The summed E-state index contributed by atoms with van der Waals surface area (Å²) in [6.07, 6.45) is 0. The molecule has 0 aliphatic carbocycles. The number of rotatable bonds is 9. The molecule has 0 saturated carbocycles. The highest BCUT2D eigenvalue weighted by atomic mass is 32.2. The van der Waals surface area contributed by atoms with Crippen molar-refractivity contribution in [2.75, 3.05) is 29.9 Å². The van der Waals surface area contributed by atoms with Gasteiger partial charge in [0.25, 0.3) is 15.9 Å². The number of aryl methyl sites for hydroxylation is 1. The first-order chi connectivity index (χ1) is 15.3. The van der Waals surface area contributed by atoms with Crippen LogP contribution in [0.4, 0.5) is 11.4 Å². The number of para-hydroxylation sites is 1. The van der Waals surface area contributed by atoms with Gasteiger partial charge in [-0.25, -0.2) is 13.2 Å². The largest absolute Gasteiger partial charge is 0.482 e. The number of hydrogen-bond donors (Lipinski definition) is 1. The molecule has 2 aromatic carbocycles. The zero-order valence-electron chi connectivity index (χ0n) is 17.5. The van der Waals surface area contributed by atoms with Gasteiger partial charge >= 0.3 is 5.97 Å². The van der Waals surface area contributed by atoms with Crippen molar-refractivity contribution in [3.63, 3.8) is 0 Å². The van der Waals surface area contributed by atoms with Crippen molar-refractivity contribution in [2.24, 2.45) is 0 Å². The lowest BCUT2D eigenvalue weighted by Gasteiger charge is -2.18. The average Bonchev–Trinajstić information content (AvgIpc) is 3.34. The second kappa shape index (κ2) is 10.3. The summed E-state index contributed by atoms with van der Waals surface area (Å²) in [6, 6.07) is 16.7. The molecule has 0 unspecified atom stereocenters. The predicted octanol–water partition coefficient (Wildman–Crippen LogP) is 3.44. The number of anilines is 2. The van der Waals surface area contributed by atoms with Crippen molar-refractivity contribution >= 4 is 44.6 Å². The van der Waals surface area contributed by atoms with Crippen LogP contribution in [0, 0.1) is 6.92 Å². The highest BCUT2D eigenvalue weighted by Gasteiger charge is 2.22. The number of nitrogens with zero attached hydrogens (tertiary/aromatic N) is 1. The standard InChI is InChI=1S/C22H22N2O6S2/c1-16-6-3-4-7-19(16)23-20(25)14-30-21(26)15-29-18-11-9-17(10-12-18)24(2)32(27,28)22-8-5-13-31-22/h3-13H,14-15H2,1-2H3,(H,23,25). The summed E-state index contributed by atoms with van der Waals surface area (Å²) in [5.74, 6) is -0.796. The number of nitrogens with one attached hydrogen (secondary N) is 1. The summed E-state index contributed by atoms with van der Waals surface area (Å²) in [7, 11) is -2.17. The number of esters is 1. The van der Waals surface area contributed by atoms with Crippen molar-refractivity contribution in [1.29, 1.82) is 0 Å². The van der Waals surface area contributed by atoms with E-state index in [1.165, 1.54) is 11.4 Å². The number of carbonyl (C=O) groups is 2. The van der Waals surface area contributed by atoms with Crippen molar-refractivity contribution in [3.05, 3.63) is 71.6 Å².